The number of carboxylic acids is 1. The zero-order chi connectivity index (χ0) is 24.0. The number of nitrogens with one attached hydrogen (secondary N) is 1. The van der Waals surface area contributed by atoms with Crippen LogP contribution in [0.1, 0.15) is 37.3 Å². The predicted molar refractivity (Wildman–Crippen MR) is 123 cm³/mol. The van der Waals surface area contributed by atoms with Crippen molar-refractivity contribution in [3.05, 3.63) is 59.7 Å². The molecule has 1 aliphatic carbocycles. The Morgan fingerprint density at radius 2 is 1.61 bits per heavy atom. The minimum atomic E-state index is -1.08. The summed E-state index contributed by atoms with van der Waals surface area (Å²) in [6.07, 6.45) is -1.25. The number of ether oxygens (including phenoxy) is 2. The van der Waals surface area contributed by atoms with E-state index in [4.69, 9.17) is 14.6 Å². The largest absolute Gasteiger partial charge is 0.480 e. The van der Waals surface area contributed by atoms with Crippen LogP contribution in [-0.4, -0.2) is 66.9 Å². The van der Waals surface area contributed by atoms with E-state index in [1.807, 2.05) is 36.4 Å². The van der Waals surface area contributed by atoms with Crippen LogP contribution in [0.2, 0.25) is 0 Å². The molecule has 0 heterocycles. The maximum atomic E-state index is 12.5. The first-order valence-corrected chi connectivity index (χ1v) is 10.9. The topological polar surface area (TPSA) is 105 Å². The van der Waals surface area contributed by atoms with Crippen LogP contribution in [0.25, 0.3) is 11.1 Å². The second kappa shape index (κ2) is 11.0. The highest BCUT2D eigenvalue weighted by Gasteiger charge is 2.29. The van der Waals surface area contributed by atoms with Gasteiger partial charge in [-0.3, -0.25) is 9.59 Å². The molecule has 1 atom stereocenters. The van der Waals surface area contributed by atoms with Gasteiger partial charge in [-0.25, -0.2) is 4.79 Å². The van der Waals surface area contributed by atoms with Crippen molar-refractivity contribution in [1.29, 1.82) is 0 Å². The summed E-state index contributed by atoms with van der Waals surface area (Å²) in [6, 6.07) is 15.9. The first kappa shape index (κ1) is 24.3. The molecule has 2 aromatic carbocycles. The van der Waals surface area contributed by atoms with Crippen molar-refractivity contribution < 1.29 is 29.0 Å². The Labute approximate surface area is 193 Å². The highest BCUT2D eigenvalue weighted by atomic mass is 16.5. The van der Waals surface area contributed by atoms with Crippen LogP contribution in [0, 0.1) is 0 Å². The van der Waals surface area contributed by atoms with Crippen LogP contribution in [-0.2, 0) is 19.1 Å². The molecule has 0 aromatic heterocycles. The molecule has 0 fully saturated rings. The summed E-state index contributed by atoms with van der Waals surface area (Å²) in [4.78, 5) is 37.2. The van der Waals surface area contributed by atoms with Crippen molar-refractivity contribution in [3.63, 3.8) is 0 Å². The maximum absolute atomic E-state index is 12.5. The van der Waals surface area contributed by atoms with Crippen LogP contribution < -0.4 is 5.32 Å². The Balaban J connectivity index is 1.54. The quantitative estimate of drug-likeness (QED) is 0.571. The normalized spacial score (nSPS) is 13.2. The van der Waals surface area contributed by atoms with Gasteiger partial charge in [0.2, 0.25) is 5.91 Å². The molecule has 0 saturated carbocycles. The Kier molecular flexibility index (Phi) is 8.06. The minimum Gasteiger partial charge on any atom is -0.480 e. The Bertz CT molecular complexity index is 960. The molecule has 8 nitrogen and oxygen atoms in total. The first-order valence-electron chi connectivity index (χ1n) is 10.9. The van der Waals surface area contributed by atoms with E-state index >= 15 is 0 Å². The molecule has 2 amide bonds. The third-order valence-corrected chi connectivity index (χ3v) is 5.80. The van der Waals surface area contributed by atoms with Crippen LogP contribution in [0.15, 0.2) is 48.5 Å². The molecule has 176 valence electrons. The molecule has 8 heteroatoms. The molecule has 0 aliphatic heterocycles. The van der Waals surface area contributed by atoms with Gasteiger partial charge in [0.25, 0.3) is 0 Å². The number of hydrogen-bond donors (Lipinski definition) is 2. The van der Waals surface area contributed by atoms with Crippen molar-refractivity contribution in [1.82, 2.24) is 10.2 Å². The summed E-state index contributed by atoms with van der Waals surface area (Å²) in [5.74, 6) is -1.48. The van der Waals surface area contributed by atoms with Gasteiger partial charge in [0, 0.05) is 25.6 Å². The molecule has 0 bridgehead atoms. The summed E-state index contributed by atoms with van der Waals surface area (Å²) >= 11 is 0. The average molecular weight is 455 g/mol. The lowest BCUT2D eigenvalue weighted by atomic mass is 9.98. The fourth-order valence-electron chi connectivity index (χ4n) is 4.10. The van der Waals surface area contributed by atoms with Crippen LogP contribution >= 0.6 is 0 Å². The van der Waals surface area contributed by atoms with E-state index in [1.54, 1.807) is 13.8 Å². The third kappa shape index (κ3) is 5.90. The van der Waals surface area contributed by atoms with Gasteiger partial charge in [-0.2, -0.15) is 0 Å². The molecular weight excluding hydrogens is 424 g/mol. The second-order valence-electron chi connectivity index (χ2n) is 8.28. The molecule has 1 unspecified atom stereocenters. The number of alkyl carbamates (subject to hydrolysis) is 1. The lowest BCUT2D eigenvalue weighted by Gasteiger charge is -2.26. The van der Waals surface area contributed by atoms with Crippen LogP contribution in [0.3, 0.4) is 0 Å². The molecule has 0 saturated heterocycles. The van der Waals surface area contributed by atoms with E-state index in [2.05, 4.69) is 17.4 Å². The van der Waals surface area contributed by atoms with Gasteiger partial charge < -0.3 is 24.8 Å². The van der Waals surface area contributed by atoms with E-state index in [0.29, 0.717) is 0 Å². The standard InChI is InChI=1S/C25H30N2O6/c1-16(2)27(14-24(29)30)23(28)12-17(32-3)13-26-25(31)33-15-22-20-10-6-4-8-18(20)19-9-5-7-11-21(19)22/h4-11,16-17,22H,12-15H2,1-3H3,(H,26,31)(H,29,30). The number of rotatable bonds is 10. The number of carbonyl (C=O) groups is 3. The Morgan fingerprint density at radius 1 is 1.03 bits per heavy atom. The smallest absolute Gasteiger partial charge is 0.407 e. The number of methoxy groups -OCH3 is 1. The zero-order valence-corrected chi connectivity index (χ0v) is 19.1. The van der Waals surface area contributed by atoms with E-state index in [1.165, 1.54) is 12.0 Å². The number of carbonyl (C=O) groups excluding carboxylic acids is 2. The third-order valence-electron chi connectivity index (χ3n) is 5.80. The van der Waals surface area contributed by atoms with Gasteiger partial charge in [0.1, 0.15) is 13.2 Å². The fourth-order valence-corrected chi connectivity index (χ4v) is 4.10. The summed E-state index contributed by atoms with van der Waals surface area (Å²) in [6.45, 7) is 3.37. The van der Waals surface area contributed by atoms with Crippen molar-refractivity contribution in [2.24, 2.45) is 0 Å². The fraction of sp³-hybridized carbons (Fsp3) is 0.400. The van der Waals surface area contributed by atoms with Gasteiger partial charge in [-0.1, -0.05) is 48.5 Å². The van der Waals surface area contributed by atoms with Gasteiger partial charge in [0.15, 0.2) is 0 Å². The number of carboxylic acid groups (broad SMARTS) is 1. The van der Waals surface area contributed by atoms with Gasteiger partial charge >= 0.3 is 12.1 Å². The highest BCUT2D eigenvalue weighted by molar-refractivity contribution is 5.82. The lowest BCUT2D eigenvalue weighted by Crippen LogP contribution is -2.44. The first-order chi connectivity index (χ1) is 15.8. The van der Waals surface area contributed by atoms with Crippen molar-refractivity contribution in [2.75, 3.05) is 26.8 Å². The zero-order valence-electron chi connectivity index (χ0n) is 19.1. The lowest BCUT2D eigenvalue weighted by molar-refractivity contribution is -0.146. The van der Waals surface area contributed by atoms with E-state index in [-0.39, 0.29) is 44.0 Å². The molecule has 3 rings (SSSR count). The van der Waals surface area contributed by atoms with E-state index in [9.17, 15) is 14.4 Å². The van der Waals surface area contributed by atoms with Crippen LogP contribution in [0.5, 0.6) is 0 Å². The van der Waals surface area contributed by atoms with Gasteiger partial charge in [-0.05, 0) is 36.1 Å². The number of benzene rings is 2. The highest BCUT2D eigenvalue weighted by Crippen LogP contribution is 2.44. The molecule has 2 N–H and O–H groups in total. The number of fused-ring (bicyclic) bond motifs is 3. The van der Waals surface area contributed by atoms with Crippen molar-refractivity contribution in [2.45, 2.75) is 38.3 Å². The summed E-state index contributed by atoms with van der Waals surface area (Å²) in [7, 11) is 1.44. The molecule has 2 aromatic rings. The average Bonchev–Trinajstić information content (AvgIpc) is 3.12. The summed E-state index contributed by atoms with van der Waals surface area (Å²) < 4.78 is 10.8. The minimum absolute atomic E-state index is 0.0430. The van der Waals surface area contributed by atoms with Gasteiger partial charge in [-0.15, -0.1) is 0 Å². The summed E-state index contributed by atoms with van der Waals surface area (Å²) in [5.41, 5.74) is 4.55. The van der Waals surface area contributed by atoms with E-state index in [0.717, 1.165) is 22.3 Å². The summed E-state index contributed by atoms with van der Waals surface area (Å²) in [5, 5.41) is 11.7. The van der Waals surface area contributed by atoms with Crippen molar-refractivity contribution in [3.8, 4) is 11.1 Å². The SMILES string of the molecule is COC(CNC(=O)OCC1c2ccccc2-c2ccccc21)CC(=O)N(CC(=O)O)C(C)C. The molecule has 0 radical (unpaired) electrons. The molecular formula is C25H30N2O6. The number of amides is 2. The Hall–Kier alpha value is -3.39. The number of aliphatic carboxylic acids is 1. The monoisotopic (exact) mass is 454 g/mol. The number of hydrogen-bond acceptors (Lipinski definition) is 5. The van der Waals surface area contributed by atoms with E-state index < -0.39 is 18.2 Å². The second-order valence-corrected chi connectivity index (χ2v) is 8.28. The van der Waals surface area contributed by atoms with Crippen molar-refractivity contribution >= 4 is 18.0 Å². The molecule has 1 aliphatic rings. The molecule has 0 spiro atoms. The van der Waals surface area contributed by atoms with Crippen LogP contribution in [0.4, 0.5) is 4.79 Å². The maximum Gasteiger partial charge on any atom is 0.407 e. The molecule has 33 heavy (non-hydrogen) atoms. The number of nitrogens with zero attached hydrogens (tertiary/aromatic N) is 1. The van der Waals surface area contributed by atoms with Gasteiger partial charge in [0.05, 0.1) is 12.5 Å². The Morgan fingerprint density at radius 3 is 2.12 bits per heavy atom. The predicted octanol–water partition coefficient (Wildman–Crippen LogP) is 3.25.